The number of rotatable bonds is 0. The van der Waals surface area contributed by atoms with Gasteiger partial charge in [-0.15, -0.1) is 0 Å². The zero-order valence-electron chi connectivity index (χ0n) is 6.36. The average Bonchev–Trinajstić information content (AvgIpc) is 2.13. The molecular formula is C8H13N. The number of allylic oxidation sites excluding steroid dienone is 1. The molecule has 1 aliphatic rings. The van der Waals surface area contributed by atoms with Crippen molar-refractivity contribution in [1.29, 1.82) is 0 Å². The summed E-state index contributed by atoms with van der Waals surface area (Å²) in [7, 11) is 0. The topological polar surface area (TPSA) is 12.4 Å². The smallest absolute Gasteiger partial charge is 0.0433 e. The third-order valence-corrected chi connectivity index (χ3v) is 1.75. The van der Waals surface area contributed by atoms with Crippen molar-refractivity contribution in [3.8, 4) is 0 Å². The van der Waals surface area contributed by atoms with E-state index in [1.165, 1.54) is 16.9 Å². The molecule has 0 spiro atoms. The Hall–Kier alpha value is -0.590. The number of hydrogen-bond acceptors (Lipinski definition) is 1. The highest BCUT2D eigenvalue weighted by molar-refractivity contribution is 6.00. The zero-order valence-corrected chi connectivity index (χ0v) is 6.36. The second kappa shape index (κ2) is 2.34. The van der Waals surface area contributed by atoms with Gasteiger partial charge in [-0.3, -0.25) is 4.99 Å². The first kappa shape index (κ1) is 6.53. The predicted octanol–water partition coefficient (Wildman–Crippen LogP) is 2.19. The minimum atomic E-state index is 1.01. The fourth-order valence-corrected chi connectivity index (χ4v) is 1.22. The Bertz CT molecular complexity index is 165. The molecule has 1 heteroatoms. The third kappa shape index (κ3) is 1.21. The van der Waals surface area contributed by atoms with Gasteiger partial charge in [0.25, 0.3) is 0 Å². The maximum absolute atomic E-state index is 4.30. The van der Waals surface area contributed by atoms with Gasteiger partial charge >= 0.3 is 0 Å². The van der Waals surface area contributed by atoms with Crippen LogP contribution in [0.2, 0.25) is 0 Å². The van der Waals surface area contributed by atoms with Crippen LogP contribution in [-0.4, -0.2) is 12.3 Å². The van der Waals surface area contributed by atoms with Crippen LogP contribution in [0.4, 0.5) is 0 Å². The Kier molecular flexibility index (Phi) is 1.70. The van der Waals surface area contributed by atoms with E-state index in [0.717, 1.165) is 13.0 Å². The molecule has 0 aromatic carbocycles. The van der Waals surface area contributed by atoms with Gasteiger partial charge in [-0.2, -0.15) is 0 Å². The number of aliphatic imine (C=N–C) groups is 1. The minimum Gasteiger partial charge on any atom is -0.289 e. The lowest BCUT2D eigenvalue weighted by atomic mass is 10.1. The summed E-state index contributed by atoms with van der Waals surface area (Å²) in [5.41, 5.74) is 4.14. The van der Waals surface area contributed by atoms with E-state index in [1.807, 2.05) is 0 Å². The van der Waals surface area contributed by atoms with Crippen molar-refractivity contribution >= 4 is 5.71 Å². The van der Waals surface area contributed by atoms with Crippen LogP contribution in [0.3, 0.4) is 0 Å². The van der Waals surface area contributed by atoms with E-state index in [4.69, 9.17) is 0 Å². The van der Waals surface area contributed by atoms with Crippen LogP contribution >= 0.6 is 0 Å². The second-order valence-corrected chi connectivity index (χ2v) is 2.70. The van der Waals surface area contributed by atoms with Crippen LogP contribution in [0.25, 0.3) is 0 Å². The van der Waals surface area contributed by atoms with Gasteiger partial charge in [-0.1, -0.05) is 5.57 Å². The highest BCUT2D eigenvalue weighted by atomic mass is 14.8. The van der Waals surface area contributed by atoms with Gasteiger partial charge in [-0.05, 0) is 32.8 Å². The van der Waals surface area contributed by atoms with Crippen molar-refractivity contribution in [3.63, 3.8) is 0 Å². The molecular weight excluding hydrogens is 110 g/mol. The molecule has 0 unspecified atom stereocenters. The summed E-state index contributed by atoms with van der Waals surface area (Å²) in [5, 5.41) is 0. The Balaban J connectivity index is 2.87. The summed E-state index contributed by atoms with van der Waals surface area (Å²) >= 11 is 0. The molecule has 1 heterocycles. The van der Waals surface area contributed by atoms with Crippen LogP contribution < -0.4 is 0 Å². The maximum atomic E-state index is 4.30. The van der Waals surface area contributed by atoms with Gasteiger partial charge in [-0.25, -0.2) is 0 Å². The standard InChI is InChI=1S/C8H13N/c1-6(2)8-4-5-9-7(8)3/h4-5H2,1-3H3. The van der Waals surface area contributed by atoms with Gasteiger partial charge in [0.1, 0.15) is 0 Å². The van der Waals surface area contributed by atoms with Crippen molar-refractivity contribution in [2.45, 2.75) is 27.2 Å². The first-order valence-electron chi connectivity index (χ1n) is 3.39. The zero-order chi connectivity index (χ0) is 6.85. The molecule has 1 nitrogen and oxygen atoms in total. The van der Waals surface area contributed by atoms with E-state index in [2.05, 4.69) is 25.8 Å². The fraction of sp³-hybridized carbons (Fsp3) is 0.625. The molecule has 0 fully saturated rings. The molecule has 0 amide bonds. The Morgan fingerprint density at radius 2 is 2.11 bits per heavy atom. The fourth-order valence-electron chi connectivity index (χ4n) is 1.22. The summed E-state index contributed by atoms with van der Waals surface area (Å²) in [5.74, 6) is 0. The van der Waals surface area contributed by atoms with E-state index >= 15 is 0 Å². The van der Waals surface area contributed by atoms with E-state index in [0.29, 0.717) is 0 Å². The van der Waals surface area contributed by atoms with Crippen molar-refractivity contribution in [3.05, 3.63) is 11.1 Å². The summed E-state index contributed by atoms with van der Waals surface area (Å²) in [6.07, 6.45) is 1.16. The normalized spacial score (nSPS) is 18.1. The van der Waals surface area contributed by atoms with Crippen LogP contribution in [0.1, 0.15) is 27.2 Å². The Morgan fingerprint density at radius 1 is 1.44 bits per heavy atom. The van der Waals surface area contributed by atoms with Crippen molar-refractivity contribution in [2.24, 2.45) is 4.99 Å². The molecule has 0 bridgehead atoms. The lowest BCUT2D eigenvalue weighted by Crippen LogP contribution is -1.91. The lowest BCUT2D eigenvalue weighted by molar-refractivity contribution is 1.03. The monoisotopic (exact) mass is 123 g/mol. The van der Waals surface area contributed by atoms with Crippen LogP contribution in [0.15, 0.2) is 16.1 Å². The summed E-state index contributed by atoms with van der Waals surface area (Å²) < 4.78 is 0. The van der Waals surface area contributed by atoms with Crippen molar-refractivity contribution in [1.82, 2.24) is 0 Å². The molecule has 0 aromatic heterocycles. The van der Waals surface area contributed by atoms with Crippen molar-refractivity contribution in [2.75, 3.05) is 6.54 Å². The van der Waals surface area contributed by atoms with Gasteiger partial charge in [0.15, 0.2) is 0 Å². The SMILES string of the molecule is CC1=NCCC1=C(C)C. The van der Waals surface area contributed by atoms with Gasteiger partial charge in [0.2, 0.25) is 0 Å². The molecule has 0 atom stereocenters. The van der Waals surface area contributed by atoms with Crippen LogP contribution in [0.5, 0.6) is 0 Å². The van der Waals surface area contributed by atoms with Crippen molar-refractivity contribution < 1.29 is 0 Å². The molecule has 0 aromatic rings. The third-order valence-electron chi connectivity index (χ3n) is 1.75. The molecule has 1 rings (SSSR count). The molecule has 0 aliphatic carbocycles. The quantitative estimate of drug-likeness (QED) is 0.468. The second-order valence-electron chi connectivity index (χ2n) is 2.70. The highest BCUT2D eigenvalue weighted by Crippen LogP contribution is 2.16. The molecule has 50 valence electrons. The van der Waals surface area contributed by atoms with E-state index in [-0.39, 0.29) is 0 Å². The van der Waals surface area contributed by atoms with Gasteiger partial charge in [0.05, 0.1) is 0 Å². The highest BCUT2D eigenvalue weighted by Gasteiger charge is 2.08. The van der Waals surface area contributed by atoms with Crippen LogP contribution in [0, 0.1) is 0 Å². The maximum Gasteiger partial charge on any atom is 0.0433 e. The molecule has 1 aliphatic heterocycles. The first-order valence-corrected chi connectivity index (χ1v) is 3.39. The Morgan fingerprint density at radius 3 is 2.33 bits per heavy atom. The Labute approximate surface area is 56.5 Å². The largest absolute Gasteiger partial charge is 0.289 e. The van der Waals surface area contributed by atoms with E-state index in [1.54, 1.807) is 0 Å². The summed E-state index contributed by atoms with van der Waals surface area (Å²) in [6.45, 7) is 7.40. The number of nitrogens with zero attached hydrogens (tertiary/aromatic N) is 1. The molecule has 0 saturated heterocycles. The molecule has 0 N–H and O–H groups in total. The average molecular weight is 123 g/mol. The first-order chi connectivity index (χ1) is 4.22. The molecule has 0 saturated carbocycles. The minimum absolute atomic E-state index is 1.01. The molecule has 9 heavy (non-hydrogen) atoms. The summed E-state index contributed by atoms with van der Waals surface area (Å²) in [6, 6.07) is 0. The van der Waals surface area contributed by atoms with Gasteiger partial charge < -0.3 is 0 Å². The van der Waals surface area contributed by atoms with E-state index < -0.39 is 0 Å². The predicted molar refractivity (Wildman–Crippen MR) is 41.0 cm³/mol. The van der Waals surface area contributed by atoms with E-state index in [9.17, 15) is 0 Å². The lowest BCUT2D eigenvalue weighted by Gasteiger charge is -1.97. The van der Waals surface area contributed by atoms with Gasteiger partial charge in [0, 0.05) is 12.3 Å². The number of hydrogen-bond donors (Lipinski definition) is 0. The van der Waals surface area contributed by atoms with Crippen LogP contribution in [-0.2, 0) is 0 Å². The molecule has 0 radical (unpaired) electrons. The summed E-state index contributed by atoms with van der Waals surface area (Å²) in [4.78, 5) is 4.30.